The van der Waals surface area contributed by atoms with Crippen LogP contribution in [0.15, 0.2) is 56.5 Å². The van der Waals surface area contributed by atoms with Gasteiger partial charge in [-0.1, -0.05) is 24.3 Å². The first-order valence-corrected chi connectivity index (χ1v) is 9.94. The highest BCUT2D eigenvalue weighted by Crippen LogP contribution is 2.81. The van der Waals surface area contributed by atoms with Crippen LogP contribution in [0.4, 0.5) is 16.8 Å². The minimum atomic E-state index is -5.54. The Kier molecular flexibility index (Phi) is 4.79. The molecule has 0 radical (unpaired) electrons. The molecule has 21 heavy (non-hydrogen) atoms. The van der Waals surface area contributed by atoms with Gasteiger partial charge in [0.2, 0.25) is 0 Å². The third kappa shape index (κ3) is 4.55. The summed E-state index contributed by atoms with van der Waals surface area (Å²) in [6.07, 6.45) is 1.12. The van der Waals surface area contributed by atoms with Crippen molar-refractivity contribution in [1.29, 1.82) is 0 Å². The molecule has 0 saturated carbocycles. The van der Waals surface area contributed by atoms with E-state index < -0.39 is 29.9 Å². The quantitative estimate of drug-likeness (QED) is 0.322. The molecule has 0 bridgehead atoms. The van der Waals surface area contributed by atoms with Gasteiger partial charge in [-0.25, -0.2) is 0 Å². The summed E-state index contributed by atoms with van der Waals surface area (Å²) in [6, 6.07) is 7.24. The molecule has 2 unspecified atom stereocenters. The molecule has 0 aromatic heterocycles. The van der Waals surface area contributed by atoms with Crippen molar-refractivity contribution in [2.45, 2.75) is 0 Å². The van der Waals surface area contributed by atoms with E-state index in [9.17, 15) is 16.8 Å². The van der Waals surface area contributed by atoms with E-state index in [4.69, 9.17) is 4.52 Å². The fourth-order valence-electron chi connectivity index (χ4n) is 1.31. The van der Waals surface area contributed by atoms with E-state index in [1.807, 2.05) is 0 Å². The second-order valence-electron chi connectivity index (χ2n) is 3.66. The standard InChI is InChI=1S/C9H10F4N3O2P3/c1-2-8-17-20(12)14-19(10,11)15-21(13,16-20)18-9-6-4-3-5-7-9/h2-7H,1,8H2. The maximum Gasteiger partial charge on any atom is 0.441 e. The third-order valence-electron chi connectivity index (χ3n) is 1.98. The maximum atomic E-state index is 14.4. The molecule has 5 nitrogen and oxygen atoms in total. The Balaban J connectivity index is 2.45. The SMILES string of the molecule is C=CCOP1(F)=NP(F)(Oc2ccccc2)=NP(F)(F)=N1. The molecule has 116 valence electrons. The summed E-state index contributed by atoms with van der Waals surface area (Å²) in [5, 5.41) is 0. The van der Waals surface area contributed by atoms with Crippen molar-refractivity contribution in [2.24, 2.45) is 13.5 Å². The molecule has 1 aliphatic heterocycles. The van der Waals surface area contributed by atoms with Gasteiger partial charge in [0.1, 0.15) is 5.75 Å². The van der Waals surface area contributed by atoms with E-state index in [2.05, 4.69) is 24.6 Å². The predicted octanol–water partition coefficient (Wildman–Crippen LogP) is 7.00. The van der Waals surface area contributed by atoms with Gasteiger partial charge in [-0.15, -0.1) is 32.7 Å². The normalized spacial score (nSPS) is 30.5. The number of hydrogen-bond donors (Lipinski definition) is 0. The summed E-state index contributed by atoms with van der Waals surface area (Å²) in [6.45, 7) is 2.81. The second kappa shape index (κ2) is 6.09. The third-order valence-corrected chi connectivity index (χ3v) is 8.15. The zero-order chi connectivity index (χ0) is 15.6. The van der Waals surface area contributed by atoms with E-state index >= 15 is 0 Å². The van der Waals surface area contributed by atoms with Crippen LogP contribution < -0.4 is 4.52 Å². The number of hydrogen-bond acceptors (Lipinski definition) is 5. The van der Waals surface area contributed by atoms with Gasteiger partial charge in [0.25, 0.3) is 0 Å². The highest BCUT2D eigenvalue weighted by molar-refractivity contribution is 7.77. The van der Waals surface area contributed by atoms with Crippen molar-refractivity contribution in [3.8, 4) is 5.75 Å². The average molecular weight is 361 g/mol. The molecule has 1 aromatic carbocycles. The first kappa shape index (κ1) is 16.5. The highest BCUT2D eigenvalue weighted by Gasteiger charge is 2.41. The van der Waals surface area contributed by atoms with Crippen LogP contribution in [-0.4, -0.2) is 6.61 Å². The number of nitrogens with zero attached hydrogens (tertiary/aromatic N) is 3. The largest absolute Gasteiger partial charge is 0.441 e. The molecular weight excluding hydrogens is 351 g/mol. The van der Waals surface area contributed by atoms with Gasteiger partial charge in [0.15, 0.2) is 0 Å². The topological polar surface area (TPSA) is 55.5 Å². The molecule has 0 N–H and O–H groups in total. The number of benzene rings is 1. The first-order valence-electron chi connectivity index (χ1n) is 5.46. The van der Waals surface area contributed by atoms with Crippen LogP contribution in [0.2, 0.25) is 0 Å². The van der Waals surface area contributed by atoms with Crippen molar-refractivity contribution in [3.05, 3.63) is 43.0 Å². The Hall–Kier alpha value is -0.870. The van der Waals surface area contributed by atoms with Crippen molar-refractivity contribution >= 4 is 23.3 Å². The molecule has 0 spiro atoms. The molecule has 2 rings (SSSR count). The smallest absolute Gasteiger partial charge is 0.419 e. The first-order chi connectivity index (χ1) is 9.76. The minimum absolute atomic E-state index is 0.0852. The van der Waals surface area contributed by atoms with Crippen LogP contribution in [0.1, 0.15) is 0 Å². The molecule has 1 aromatic rings. The lowest BCUT2D eigenvalue weighted by atomic mass is 10.3. The zero-order valence-electron chi connectivity index (χ0n) is 10.4. The summed E-state index contributed by atoms with van der Waals surface area (Å²) < 4.78 is 72.8. The maximum absolute atomic E-state index is 14.4. The van der Waals surface area contributed by atoms with Gasteiger partial charge in [-0.3, -0.25) is 4.52 Å². The van der Waals surface area contributed by atoms with Crippen LogP contribution in [0.5, 0.6) is 5.75 Å². The number of halogens is 4. The Bertz CT molecular complexity index is 703. The monoisotopic (exact) mass is 361 g/mol. The Morgan fingerprint density at radius 3 is 2.29 bits per heavy atom. The molecule has 1 aliphatic rings. The van der Waals surface area contributed by atoms with Gasteiger partial charge in [0, 0.05) is 0 Å². The van der Waals surface area contributed by atoms with E-state index in [1.54, 1.807) is 6.07 Å². The lowest BCUT2D eigenvalue weighted by molar-refractivity contribution is 0.369. The van der Waals surface area contributed by atoms with Crippen LogP contribution >= 0.6 is 23.3 Å². The number of para-hydroxylation sites is 1. The number of rotatable bonds is 5. The summed E-state index contributed by atoms with van der Waals surface area (Å²) in [5.41, 5.74) is 0. The van der Waals surface area contributed by atoms with Crippen molar-refractivity contribution in [3.63, 3.8) is 0 Å². The molecule has 0 fully saturated rings. The minimum Gasteiger partial charge on any atom is -0.419 e. The van der Waals surface area contributed by atoms with E-state index in [0.29, 0.717) is 0 Å². The van der Waals surface area contributed by atoms with E-state index in [-0.39, 0.29) is 5.75 Å². The van der Waals surface area contributed by atoms with Gasteiger partial charge >= 0.3 is 23.3 Å². The summed E-state index contributed by atoms with van der Waals surface area (Å²) in [7, 11) is -15.3. The van der Waals surface area contributed by atoms with Crippen LogP contribution in [-0.2, 0) is 4.52 Å². The van der Waals surface area contributed by atoms with Gasteiger partial charge in [-0.05, 0) is 12.1 Å². The van der Waals surface area contributed by atoms with Gasteiger partial charge in [-0.2, -0.15) is 4.20 Å². The van der Waals surface area contributed by atoms with Crippen molar-refractivity contribution < 1.29 is 25.8 Å². The van der Waals surface area contributed by atoms with Crippen LogP contribution in [0.3, 0.4) is 0 Å². The average Bonchev–Trinajstić information content (AvgIpc) is 2.34. The van der Waals surface area contributed by atoms with Crippen molar-refractivity contribution in [2.75, 3.05) is 6.61 Å². The fraction of sp³-hybridized carbons (Fsp3) is 0.111. The predicted molar refractivity (Wildman–Crippen MR) is 75.7 cm³/mol. The summed E-state index contributed by atoms with van der Waals surface area (Å²) in [5.74, 6) is -0.0852. The summed E-state index contributed by atoms with van der Waals surface area (Å²) >= 11 is 0. The summed E-state index contributed by atoms with van der Waals surface area (Å²) in [4.78, 5) is 0. The molecule has 2 atom stereocenters. The second-order valence-corrected chi connectivity index (χ2v) is 9.05. The molecule has 1 heterocycles. The van der Waals surface area contributed by atoms with Gasteiger partial charge in [0.05, 0.1) is 6.61 Å². The van der Waals surface area contributed by atoms with Gasteiger partial charge < -0.3 is 4.52 Å². The molecule has 12 heteroatoms. The molecule has 0 amide bonds. The molecular formula is C9H10F4N3O2P3. The zero-order valence-corrected chi connectivity index (χ0v) is 13.1. The van der Waals surface area contributed by atoms with Crippen LogP contribution in [0.25, 0.3) is 0 Å². The van der Waals surface area contributed by atoms with Crippen molar-refractivity contribution in [1.82, 2.24) is 0 Å². The van der Waals surface area contributed by atoms with E-state index in [1.165, 1.54) is 24.3 Å². The van der Waals surface area contributed by atoms with Crippen LogP contribution in [0, 0.1) is 0 Å². The molecule has 0 saturated heterocycles. The molecule has 0 aliphatic carbocycles. The highest BCUT2D eigenvalue weighted by atomic mass is 31.3. The lowest BCUT2D eigenvalue weighted by Gasteiger charge is -2.20. The fourth-order valence-corrected chi connectivity index (χ4v) is 7.30. The Morgan fingerprint density at radius 2 is 1.67 bits per heavy atom. The van der Waals surface area contributed by atoms with E-state index in [0.717, 1.165) is 6.08 Å². The Labute approximate surface area is 119 Å². The lowest BCUT2D eigenvalue weighted by Crippen LogP contribution is -1.91. The Morgan fingerprint density at radius 1 is 1.00 bits per heavy atom.